The van der Waals surface area contributed by atoms with E-state index in [4.69, 9.17) is 10.5 Å². The molecule has 0 aliphatic rings. The average molecular weight is 293 g/mol. The molecule has 0 atom stereocenters. The largest absolute Gasteiger partial charge is 0.482 e. The molecule has 0 aliphatic heterocycles. The molecule has 3 N–H and O–H groups in total. The van der Waals surface area contributed by atoms with Crippen molar-refractivity contribution in [3.8, 4) is 5.75 Å². The van der Waals surface area contributed by atoms with Crippen molar-refractivity contribution in [3.63, 3.8) is 0 Å². The van der Waals surface area contributed by atoms with Gasteiger partial charge < -0.3 is 20.7 Å². The number of amides is 2. The lowest BCUT2D eigenvalue weighted by atomic mass is 10.3. The maximum absolute atomic E-state index is 11.7. The SMILES string of the molecule is CCN(CC)C(=O)CCNC(=O)COc1ccccc1N. The highest BCUT2D eigenvalue weighted by Crippen LogP contribution is 2.19. The molecule has 6 heteroatoms. The molecule has 0 unspecified atom stereocenters. The molecule has 0 aromatic heterocycles. The summed E-state index contributed by atoms with van der Waals surface area (Å²) in [7, 11) is 0. The van der Waals surface area contributed by atoms with Crippen LogP contribution in [-0.4, -0.2) is 43.0 Å². The number of hydrogen-bond donors (Lipinski definition) is 2. The molecular formula is C15H23N3O3. The van der Waals surface area contributed by atoms with Crippen LogP contribution in [0.5, 0.6) is 5.75 Å². The molecule has 0 saturated heterocycles. The normalized spacial score (nSPS) is 10.0. The first kappa shape index (κ1) is 16.8. The summed E-state index contributed by atoms with van der Waals surface area (Å²) in [5.74, 6) is 0.242. The van der Waals surface area contributed by atoms with Crippen LogP contribution >= 0.6 is 0 Å². The van der Waals surface area contributed by atoms with E-state index in [1.165, 1.54) is 0 Å². The molecule has 1 rings (SSSR count). The van der Waals surface area contributed by atoms with E-state index in [2.05, 4.69) is 5.32 Å². The molecular weight excluding hydrogens is 270 g/mol. The zero-order valence-corrected chi connectivity index (χ0v) is 12.6. The van der Waals surface area contributed by atoms with E-state index in [1.54, 1.807) is 29.2 Å². The Morgan fingerprint density at radius 3 is 2.52 bits per heavy atom. The highest BCUT2D eigenvalue weighted by atomic mass is 16.5. The van der Waals surface area contributed by atoms with E-state index in [9.17, 15) is 9.59 Å². The number of nitrogens with two attached hydrogens (primary N) is 1. The number of hydrogen-bond acceptors (Lipinski definition) is 4. The van der Waals surface area contributed by atoms with Gasteiger partial charge in [0.25, 0.3) is 5.91 Å². The highest BCUT2D eigenvalue weighted by Gasteiger charge is 2.10. The van der Waals surface area contributed by atoms with E-state index in [1.807, 2.05) is 13.8 Å². The Hall–Kier alpha value is -2.24. The van der Waals surface area contributed by atoms with Crippen LogP contribution in [0.3, 0.4) is 0 Å². The maximum Gasteiger partial charge on any atom is 0.257 e. The molecule has 0 spiro atoms. The summed E-state index contributed by atoms with van der Waals surface area (Å²) in [6.45, 7) is 5.41. The van der Waals surface area contributed by atoms with Crippen LogP contribution in [-0.2, 0) is 9.59 Å². The fourth-order valence-corrected chi connectivity index (χ4v) is 1.85. The fraction of sp³-hybridized carbons (Fsp3) is 0.467. The first-order valence-electron chi connectivity index (χ1n) is 7.10. The quantitative estimate of drug-likeness (QED) is 0.701. The van der Waals surface area contributed by atoms with Gasteiger partial charge in [0, 0.05) is 26.1 Å². The Morgan fingerprint density at radius 2 is 1.90 bits per heavy atom. The van der Waals surface area contributed by atoms with Crippen LogP contribution in [0.2, 0.25) is 0 Å². The summed E-state index contributed by atoms with van der Waals surface area (Å²) in [4.78, 5) is 25.1. The van der Waals surface area contributed by atoms with Gasteiger partial charge in [-0.3, -0.25) is 9.59 Å². The standard InChI is InChI=1S/C15H23N3O3/c1-3-18(4-2)15(20)9-10-17-14(19)11-21-13-8-6-5-7-12(13)16/h5-8H,3-4,9-11,16H2,1-2H3,(H,17,19). The van der Waals surface area contributed by atoms with Gasteiger partial charge in [0.05, 0.1) is 5.69 Å². The van der Waals surface area contributed by atoms with Gasteiger partial charge in [-0.25, -0.2) is 0 Å². The van der Waals surface area contributed by atoms with E-state index < -0.39 is 0 Å². The van der Waals surface area contributed by atoms with Crippen molar-refractivity contribution in [3.05, 3.63) is 24.3 Å². The summed E-state index contributed by atoms with van der Waals surface area (Å²) in [5.41, 5.74) is 6.19. The van der Waals surface area contributed by atoms with Crippen molar-refractivity contribution >= 4 is 17.5 Å². The van der Waals surface area contributed by atoms with Crippen molar-refractivity contribution in [1.82, 2.24) is 10.2 Å². The Kier molecular flexibility index (Phi) is 7.08. The number of nitrogen functional groups attached to an aromatic ring is 1. The molecule has 0 radical (unpaired) electrons. The third kappa shape index (κ3) is 5.72. The summed E-state index contributed by atoms with van der Waals surface area (Å²) in [6.07, 6.45) is 0.293. The zero-order valence-electron chi connectivity index (χ0n) is 12.6. The highest BCUT2D eigenvalue weighted by molar-refractivity contribution is 5.80. The summed E-state index contributed by atoms with van der Waals surface area (Å²) < 4.78 is 5.31. The van der Waals surface area contributed by atoms with Crippen LogP contribution in [0.15, 0.2) is 24.3 Å². The van der Waals surface area contributed by atoms with Gasteiger partial charge in [-0.1, -0.05) is 12.1 Å². The molecule has 0 bridgehead atoms. The lowest BCUT2D eigenvalue weighted by Crippen LogP contribution is -2.35. The number of nitrogens with zero attached hydrogens (tertiary/aromatic N) is 1. The molecule has 0 aliphatic carbocycles. The number of para-hydroxylation sites is 2. The number of rotatable bonds is 8. The minimum Gasteiger partial charge on any atom is -0.482 e. The second kappa shape index (κ2) is 8.84. The Labute approximate surface area is 125 Å². The van der Waals surface area contributed by atoms with Gasteiger partial charge in [-0.05, 0) is 26.0 Å². The predicted molar refractivity (Wildman–Crippen MR) is 81.9 cm³/mol. The molecule has 0 fully saturated rings. The molecule has 116 valence electrons. The summed E-state index contributed by atoms with van der Waals surface area (Å²) in [6, 6.07) is 6.98. The van der Waals surface area contributed by atoms with Crippen molar-refractivity contribution in [2.75, 3.05) is 32.0 Å². The lowest BCUT2D eigenvalue weighted by molar-refractivity contribution is -0.130. The Bertz CT molecular complexity index is 473. The Morgan fingerprint density at radius 1 is 1.24 bits per heavy atom. The monoisotopic (exact) mass is 293 g/mol. The van der Waals surface area contributed by atoms with E-state index in [0.29, 0.717) is 37.5 Å². The van der Waals surface area contributed by atoms with Gasteiger partial charge >= 0.3 is 0 Å². The molecule has 1 aromatic rings. The van der Waals surface area contributed by atoms with Crippen LogP contribution in [0, 0.1) is 0 Å². The summed E-state index contributed by atoms with van der Waals surface area (Å²) in [5, 5.41) is 2.65. The molecule has 0 saturated carbocycles. The molecule has 1 aromatic carbocycles. The minimum absolute atomic E-state index is 0.0357. The van der Waals surface area contributed by atoms with Gasteiger partial charge in [0.1, 0.15) is 5.75 Å². The molecule has 21 heavy (non-hydrogen) atoms. The van der Waals surface area contributed by atoms with E-state index in [0.717, 1.165) is 0 Å². The minimum atomic E-state index is -0.273. The number of anilines is 1. The number of carbonyl (C=O) groups is 2. The maximum atomic E-state index is 11.7. The average Bonchev–Trinajstić information content (AvgIpc) is 2.47. The van der Waals surface area contributed by atoms with Crippen molar-refractivity contribution in [2.24, 2.45) is 0 Å². The molecule has 2 amide bonds. The van der Waals surface area contributed by atoms with E-state index in [-0.39, 0.29) is 18.4 Å². The second-order valence-electron chi connectivity index (χ2n) is 4.49. The van der Waals surface area contributed by atoms with Crippen LogP contribution in [0.1, 0.15) is 20.3 Å². The van der Waals surface area contributed by atoms with E-state index >= 15 is 0 Å². The predicted octanol–water partition coefficient (Wildman–Crippen LogP) is 1.02. The first-order valence-corrected chi connectivity index (χ1v) is 7.10. The first-order chi connectivity index (χ1) is 10.1. The van der Waals surface area contributed by atoms with Crippen molar-refractivity contribution in [2.45, 2.75) is 20.3 Å². The Balaban J connectivity index is 2.26. The fourth-order valence-electron chi connectivity index (χ4n) is 1.85. The van der Waals surface area contributed by atoms with Crippen LogP contribution in [0.25, 0.3) is 0 Å². The smallest absolute Gasteiger partial charge is 0.257 e. The number of ether oxygens (including phenoxy) is 1. The van der Waals surface area contributed by atoms with Crippen molar-refractivity contribution < 1.29 is 14.3 Å². The van der Waals surface area contributed by atoms with Gasteiger partial charge in [-0.15, -0.1) is 0 Å². The van der Waals surface area contributed by atoms with Gasteiger partial charge in [0.15, 0.2) is 6.61 Å². The second-order valence-corrected chi connectivity index (χ2v) is 4.49. The third-order valence-corrected chi connectivity index (χ3v) is 3.05. The van der Waals surface area contributed by atoms with Crippen LogP contribution in [0.4, 0.5) is 5.69 Å². The number of nitrogens with one attached hydrogen (secondary N) is 1. The molecule has 0 heterocycles. The third-order valence-electron chi connectivity index (χ3n) is 3.05. The molecule has 6 nitrogen and oxygen atoms in total. The number of carbonyl (C=O) groups excluding carboxylic acids is 2. The van der Waals surface area contributed by atoms with Crippen LogP contribution < -0.4 is 15.8 Å². The van der Waals surface area contributed by atoms with Crippen molar-refractivity contribution in [1.29, 1.82) is 0 Å². The summed E-state index contributed by atoms with van der Waals surface area (Å²) >= 11 is 0. The lowest BCUT2D eigenvalue weighted by Gasteiger charge is -2.18. The zero-order chi connectivity index (χ0) is 15.7. The van der Waals surface area contributed by atoms with Gasteiger partial charge in [0.2, 0.25) is 5.91 Å². The number of benzene rings is 1. The van der Waals surface area contributed by atoms with Gasteiger partial charge in [-0.2, -0.15) is 0 Å². The topological polar surface area (TPSA) is 84.7 Å².